The number of benzene rings is 2. The Labute approximate surface area is 182 Å². The highest BCUT2D eigenvalue weighted by Gasteiger charge is 2.16. The molecule has 0 saturated heterocycles. The fourth-order valence-electron chi connectivity index (χ4n) is 3.32. The van der Waals surface area contributed by atoms with E-state index in [1.807, 2.05) is 35.6 Å². The number of nitrogens with zero attached hydrogens (tertiary/aromatic N) is 3. The summed E-state index contributed by atoms with van der Waals surface area (Å²) in [5, 5.41) is 12.9. The lowest BCUT2D eigenvalue weighted by molar-refractivity contribution is -0.113. The number of aromatic nitrogens is 3. The molecule has 2 aromatic carbocycles. The largest absolute Gasteiger partial charge is 0.497 e. The van der Waals surface area contributed by atoms with Gasteiger partial charge in [-0.2, -0.15) is 0 Å². The van der Waals surface area contributed by atoms with Crippen LogP contribution >= 0.6 is 11.8 Å². The number of fused-ring (bicyclic) bond motifs is 3. The van der Waals surface area contributed by atoms with Gasteiger partial charge < -0.3 is 14.8 Å². The van der Waals surface area contributed by atoms with E-state index in [4.69, 9.17) is 9.47 Å². The van der Waals surface area contributed by atoms with Crippen molar-refractivity contribution in [3.05, 3.63) is 59.7 Å². The number of nitrogens with one attached hydrogen (secondary N) is 1. The van der Waals surface area contributed by atoms with Crippen LogP contribution in [0.2, 0.25) is 0 Å². The third-order valence-electron chi connectivity index (χ3n) is 4.81. The van der Waals surface area contributed by atoms with E-state index in [1.165, 1.54) is 18.9 Å². The van der Waals surface area contributed by atoms with Crippen LogP contribution in [0.5, 0.6) is 5.75 Å². The molecule has 0 bridgehead atoms. The second-order valence-electron chi connectivity index (χ2n) is 6.76. The number of hydrogen-bond acceptors (Lipinski definition) is 7. The zero-order valence-corrected chi connectivity index (χ0v) is 18.0. The molecule has 2 heterocycles. The van der Waals surface area contributed by atoms with E-state index in [1.54, 1.807) is 31.4 Å². The smallest absolute Gasteiger partial charge is 0.339 e. The standard InChI is InChI=1S/C22H20N4O4S/c1-13-10-19-24-25-22(26(19)18-11-14(29-2)8-9-15(13)18)31-12-20(27)23-17-7-5-4-6-16(17)21(28)30-3/h4-11H,12H2,1-3H3,(H,23,27). The molecule has 0 saturated carbocycles. The molecule has 1 N–H and O–H groups in total. The maximum Gasteiger partial charge on any atom is 0.339 e. The Balaban J connectivity index is 1.59. The van der Waals surface area contributed by atoms with Crippen molar-refractivity contribution in [1.29, 1.82) is 0 Å². The van der Waals surface area contributed by atoms with Gasteiger partial charge in [-0.25, -0.2) is 4.79 Å². The molecule has 0 atom stereocenters. The molecule has 158 valence electrons. The molecule has 0 unspecified atom stereocenters. The molecule has 0 radical (unpaired) electrons. The fourth-order valence-corrected chi connectivity index (χ4v) is 4.07. The summed E-state index contributed by atoms with van der Waals surface area (Å²) in [6.07, 6.45) is 0. The number of esters is 1. The van der Waals surface area contributed by atoms with Gasteiger partial charge in [-0.1, -0.05) is 23.9 Å². The second kappa shape index (κ2) is 8.65. The van der Waals surface area contributed by atoms with E-state index in [0.717, 1.165) is 22.2 Å². The Morgan fingerprint density at radius 1 is 1.10 bits per heavy atom. The minimum Gasteiger partial charge on any atom is -0.497 e. The van der Waals surface area contributed by atoms with Crippen molar-refractivity contribution in [2.75, 3.05) is 25.3 Å². The quantitative estimate of drug-likeness (QED) is 0.364. The molecule has 0 spiro atoms. The summed E-state index contributed by atoms with van der Waals surface area (Å²) >= 11 is 1.26. The van der Waals surface area contributed by atoms with Crippen molar-refractivity contribution in [1.82, 2.24) is 14.6 Å². The van der Waals surface area contributed by atoms with Crippen molar-refractivity contribution in [3.63, 3.8) is 0 Å². The first-order chi connectivity index (χ1) is 15.0. The molecule has 1 amide bonds. The summed E-state index contributed by atoms with van der Waals surface area (Å²) in [6, 6.07) is 14.5. The van der Waals surface area contributed by atoms with Crippen molar-refractivity contribution < 1.29 is 19.1 Å². The van der Waals surface area contributed by atoms with Crippen LogP contribution in [-0.2, 0) is 9.53 Å². The number of carbonyl (C=O) groups excluding carboxylic acids is 2. The Hall–Kier alpha value is -3.59. The molecule has 0 aliphatic carbocycles. The number of anilines is 1. The number of carbonyl (C=O) groups is 2. The third kappa shape index (κ3) is 4.04. The minimum atomic E-state index is -0.511. The summed E-state index contributed by atoms with van der Waals surface area (Å²) in [4.78, 5) is 24.5. The summed E-state index contributed by atoms with van der Waals surface area (Å²) < 4.78 is 12.0. The molecular weight excluding hydrogens is 416 g/mol. The predicted octanol–water partition coefficient (Wildman–Crippen LogP) is 3.72. The molecule has 0 aliphatic heterocycles. The van der Waals surface area contributed by atoms with E-state index >= 15 is 0 Å². The van der Waals surface area contributed by atoms with Gasteiger partial charge >= 0.3 is 5.97 Å². The zero-order chi connectivity index (χ0) is 22.0. The van der Waals surface area contributed by atoms with E-state index in [-0.39, 0.29) is 11.7 Å². The molecule has 0 aliphatic rings. The average Bonchev–Trinajstić information content (AvgIpc) is 3.20. The monoisotopic (exact) mass is 436 g/mol. The molecule has 4 rings (SSSR count). The number of thioether (sulfide) groups is 1. The first-order valence-electron chi connectivity index (χ1n) is 9.44. The molecular formula is C22H20N4O4S. The van der Waals surface area contributed by atoms with Gasteiger partial charge in [0.2, 0.25) is 5.91 Å². The number of ether oxygens (including phenoxy) is 2. The van der Waals surface area contributed by atoms with Crippen molar-refractivity contribution >= 4 is 45.9 Å². The van der Waals surface area contributed by atoms with Crippen LogP contribution in [0.3, 0.4) is 0 Å². The van der Waals surface area contributed by atoms with Gasteiger partial charge in [0.15, 0.2) is 10.8 Å². The molecule has 4 aromatic rings. The number of aryl methyl sites for hydroxylation is 1. The fraction of sp³-hybridized carbons (Fsp3) is 0.182. The highest BCUT2D eigenvalue weighted by molar-refractivity contribution is 7.99. The van der Waals surface area contributed by atoms with Crippen LogP contribution < -0.4 is 10.1 Å². The highest BCUT2D eigenvalue weighted by atomic mass is 32.2. The summed E-state index contributed by atoms with van der Waals surface area (Å²) in [5.41, 5.74) is 3.36. The summed E-state index contributed by atoms with van der Waals surface area (Å²) in [6.45, 7) is 2.02. The van der Waals surface area contributed by atoms with E-state index in [0.29, 0.717) is 22.1 Å². The van der Waals surface area contributed by atoms with Crippen LogP contribution in [0.15, 0.2) is 53.7 Å². The Morgan fingerprint density at radius 3 is 2.68 bits per heavy atom. The van der Waals surface area contributed by atoms with E-state index in [9.17, 15) is 9.59 Å². The lowest BCUT2D eigenvalue weighted by atomic mass is 10.1. The summed E-state index contributed by atoms with van der Waals surface area (Å²) in [7, 11) is 2.92. The van der Waals surface area contributed by atoms with Crippen LogP contribution in [0.4, 0.5) is 5.69 Å². The first kappa shape index (κ1) is 20.7. The number of pyridine rings is 1. The van der Waals surface area contributed by atoms with Gasteiger partial charge in [0, 0.05) is 11.5 Å². The van der Waals surface area contributed by atoms with Gasteiger partial charge in [0.25, 0.3) is 0 Å². The number of para-hydroxylation sites is 1. The summed E-state index contributed by atoms with van der Waals surface area (Å²) in [5.74, 6) is 0.0337. The topological polar surface area (TPSA) is 94.8 Å². The predicted molar refractivity (Wildman–Crippen MR) is 119 cm³/mol. The van der Waals surface area contributed by atoms with Crippen LogP contribution in [0, 0.1) is 6.92 Å². The van der Waals surface area contributed by atoms with Gasteiger partial charge in [-0.3, -0.25) is 9.20 Å². The molecule has 8 nitrogen and oxygen atoms in total. The van der Waals surface area contributed by atoms with Crippen LogP contribution in [-0.4, -0.2) is 46.4 Å². The lowest BCUT2D eigenvalue weighted by Crippen LogP contribution is -2.17. The molecule has 0 fully saturated rings. The van der Waals surface area contributed by atoms with Crippen molar-refractivity contribution in [2.45, 2.75) is 12.1 Å². The molecule has 9 heteroatoms. The maximum absolute atomic E-state index is 12.6. The van der Waals surface area contributed by atoms with Crippen LogP contribution in [0.25, 0.3) is 16.6 Å². The number of amides is 1. The van der Waals surface area contributed by atoms with Crippen molar-refractivity contribution in [3.8, 4) is 5.75 Å². The molecule has 2 aromatic heterocycles. The van der Waals surface area contributed by atoms with Gasteiger partial charge in [0.05, 0.1) is 36.7 Å². The minimum absolute atomic E-state index is 0.0929. The Morgan fingerprint density at radius 2 is 1.90 bits per heavy atom. The Kier molecular flexibility index (Phi) is 5.77. The van der Waals surface area contributed by atoms with E-state index < -0.39 is 5.97 Å². The number of hydrogen-bond donors (Lipinski definition) is 1. The van der Waals surface area contributed by atoms with Gasteiger partial charge in [-0.15, -0.1) is 10.2 Å². The molecule has 31 heavy (non-hydrogen) atoms. The second-order valence-corrected chi connectivity index (χ2v) is 7.70. The first-order valence-corrected chi connectivity index (χ1v) is 10.4. The SMILES string of the molecule is COC(=O)c1ccccc1NC(=O)CSc1nnc2cc(C)c3ccc(OC)cc3n12. The highest BCUT2D eigenvalue weighted by Crippen LogP contribution is 2.28. The lowest BCUT2D eigenvalue weighted by Gasteiger charge is -2.10. The van der Waals surface area contributed by atoms with Crippen molar-refractivity contribution in [2.24, 2.45) is 0 Å². The number of rotatable bonds is 6. The van der Waals surface area contributed by atoms with E-state index in [2.05, 4.69) is 15.5 Å². The van der Waals surface area contributed by atoms with Gasteiger partial charge in [0.1, 0.15) is 5.75 Å². The third-order valence-corrected chi connectivity index (χ3v) is 5.74. The Bertz CT molecular complexity index is 1300. The normalized spacial score (nSPS) is 10.9. The number of methoxy groups -OCH3 is 2. The van der Waals surface area contributed by atoms with Gasteiger partial charge in [-0.05, 0) is 42.8 Å². The zero-order valence-electron chi connectivity index (χ0n) is 17.2. The maximum atomic E-state index is 12.6. The average molecular weight is 436 g/mol. The van der Waals surface area contributed by atoms with Crippen LogP contribution in [0.1, 0.15) is 15.9 Å².